The first-order valence-corrected chi connectivity index (χ1v) is 6.19. The maximum Gasteiger partial charge on any atom is 0.161 e. The highest BCUT2D eigenvalue weighted by Crippen LogP contribution is 2.31. The molecule has 1 heterocycles. The van der Waals surface area contributed by atoms with Crippen molar-refractivity contribution in [1.29, 1.82) is 0 Å². The van der Waals surface area contributed by atoms with Crippen LogP contribution in [-0.2, 0) is 0 Å². The van der Waals surface area contributed by atoms with Crippen LogP contribution in [0.1, 0.15) is 6.42 Å². The van der Waals surface area contributed by atoms with Crippen LogP contribution in [-0.4, -0.2) is 48.7 Å². The summed E-state index contributed by atoms with van der Waals surface area (Å²) in [6, 6.07) is 7.43. The van der Waals surface area contributed by atoms with Crippen molar-refractivity contribution in [3.05, 3.63) is 24.3 Å². The largest absolute Gasteiger partial charge is 0.486 e. The van der Waals surface area contributed by atoms with Crippen LogP contribution in [0.5, 0.6) is 11.5 Å². The molecule has 1 aromatic rings. The third-order valence-corrected chi connectivity index (χ3v) is 2.82. The molecule has 0 aromatic heterocycles. The normalized spacial score (nSPS) is 19.6. The van der Waals surface area contributed by atoms with Gasteiger partial charge in [-0.05, 0) is 25.1 Å². The van der Waals surface area contributed by atoms with Gasteiger partial charge in [0.05, 0.1) is 0 Å². The SMILES string of the molecule is OCCCNCC(O)C1COc2ccccc2O1. The molecule has 2 unspecified atom stereocenters. The number of ether oxygens (including phenoxy) is 2. The molecule has 0 spiro atoms. The van der Waals surface area contributed by atoms with Gasteiger partial charge in [0.2, 0.25) is 0 Å². The summed E-state index contributed by atoms with van der Waals surface area (Å²) in [6.45, 7) is 1.60. The lowest BCUT2D eigenvalue weighted by molar-refractivity contribution is -0.00907. The summed E-state index contributed by atoms with van der Waals surface area (Å²) < 4.78 is 11.2. The van der Waals surface area contributed by atoms with Crippen molar-refractivity contribution in [2.75, 3.05) is 26.3 Å². The number of hydrogen-bond donors (Lipinski definition) is 3. The number of aliphatic hydroxyl groups excluding tert-OH is 2. The molecule has 0 saturated heterocycles. The van der Waals surface area contributed by atoms with Gasteiger partial charge in [-0.1, -0.05) is 12.1 Å². The van der Waals surface area contributed by atoms with E-state index in [4.69, 9.17) is 14.6 Å². The fourth-order valence-electron chi connectivity index (χ4n) is 1.81. The van der Waals surface area contributed by atoms with Gasteiger partial charge in [0.1, 0.15) is 12.7 Å². The van der Waals surface area contributed by atoms with Crippen LogP contribution in [0.2, 0.25) is 0 Å². The molecule has 3 N–H and O–H groups in total. The first kappa shape index (κ1) is 13.1. The van der Waals surface area contributed by atoms with Gasteiger partial charge in [-0.25, -0.2) is 0 Å². The Bertz CT molecular complexity index is 372. The number of para-hydroxylation sites is 2. The number of nitrogens with one attached hydrogen (secondary N) is 1. The molecule has 2 atom stereocenters. The lowest BCUT2D eigenvalue weighted by Gasteiger charge is -2.29. The summed E-state index contributed by atoms with van der Waals surface area (Å²) in [5, 5.41) is 21.7. The van der Waals surface area contributed by atoms with Gasteiger partial charge in [-0.15, -0.1) is 0 Å². The Labute approximate surface area is 106 Å². The third-order valence-electron chi connectivity index (χ3n) is 2.82. The van der Waals surface area contributed by atoms with Gasteiger partial charge in [0.15, 0.2) is 17.6 Å². The molecule has 1 aromatic carbocycles. The highest BCUT2D eigenvalue weighted by Gasteiger charge is 2.26. The van der Waals surface area contributed by atoms with Crippen LogP contribution in [0.3, 0.4) is 0 Å². The predicted molar refractivity (Wildman–Crippen MR) is 66.9 cm³/mol. The Kier molecular flexibility index (Phi) is 4.81. The third kappa shape index (κ3) is 3.35. The van der Waals surface area contributed by atoms with Crippen LogP contribution in [0.25, 0.3) is 0 Å². The first-order valence-electron chi connectivity index (χ1n) is 6.19. The Morgan fingerprint density at radius 3 is 2.89 bits per heavy atom. The molecule has 0 aliphatic carbocycles. The number of rotatable bonds is 6. The summed E-state index contributed by atoms with van der Waals surface area (Å²) >= 11 is 0. The minimum absolute atomic E-state index is 0.152. The molecule has 0 fully saturated rings. The van der Waals surface area contributed by atoms with Crippen molar-refractivity contribution in [1.82, 2.24) is 5.32 Å². The second kappa shape index (κ2) is 6.58. The Morgan fingerprint density at radius 1 is 1.33 bits per heavy atom. The zero-order chi connectivity index (χ0) is 12.8. The van der Waals surface area contributed by atoms with E-state index in [1.165, 1.54) is 0 Å². The van der Waals surface area contributed by atoms with E-state index in [0.29, 0.717) is 37.6 Å². The molecule has 1 aliphatic heterocycles. The summed E-state index contributed by atoms with van der Waals surface area (Å²) in [5.74, 6) is 1.39. The minimum Gasteiger partial charge on any atom is -0.486 e. The smallest absolute Gasteiger partial charge is 0.161 e. The second-order valence-electron chi connectivity index (χ2n) is 4.26. The lowest BCUT2D eigenvalue weighted by Crippen LogP contribution is -2.45. The minimum atomic E-state index is -0.628. The summed E-state index contributed by atoms with van der Waals surface area (Å²) in [7, 11) is 0. The van der Waals surface area contributed by atoms with Crippen LogP contribution in [0, 0.1) is 0 Å². The number of benzene rings is 1. The van der Waals surface area contributed by atoms with E-state index in [9.17, 15) is 5.11 Å². The van der Waals surface area contributed by atoms with Crippen LogP contribution in [0.4, 0.5) is 0 Å². The highest BCUT2D eigenvalue weighted by molar-refractivity contribution is 5.40. The van der Waals surface area contributed by atoms with E-state index in [-0.39, 0.29) is 12.7 Å². The van der Waals surface area contributed by atoms with E-state index in [1.807, 2.05) is 24.3 Å². The topological polar surface area (TPSA) is 71.0 Å². The molecule has 18 heavy (non-hydrogen) atoms. The van der Waals surface area contributed by atoms with Crippen molar-refractivity contribution in [2.24, 2.45) is 0 Å². The molecule has 1 aliphatic rings. The van der Waals surface area contributed by atoms with Gasteiger partial charge in [0, 0.05) is 13.2 Å². The molecule has 0 radical (unpaired) electrons. The molecule has 0 amide bonds. The molecule has 5 nitrogen and oxygen atoms in total. The fraction of sp³-hybridized carbons (Fsp3) is 0.538. The van der Waals surface area contributed by atoms with Gasteiger partial charge >= 0.3 is 0 Å². The monoisotopic (exact) mass is 253 g/mol. The summed E-state index contributed by atoms with van der Waals surface area (Å²) in [6.07, 6.45) is -0.309. The van der Waals surface area contributed by atoms with Crippen molar-refractivity contribution >= 4 is 0 Å². The fourth-order valence-corrected chi connectivity index (χ4v) is 1.81. The van der Waals surface area contributed by atoms with Crippen molar-refractivity contribution in [3.8, 4) is 11.5 Å². The molecule has 0 bridgehead atoms. The number of hydrogen-bond acceptors (Lipinski definition) is 5. The maximum atomic E-state index is 9.97. The number of aliphatic hydroxyl groups is 2. The highest BCUT2D eigenvalue weighted by atomic mass is 16.6. The number of fused-ring (bicyclic) bond motifs is 1. The summed E-state index contributed by atoms with van der Waals surface area (Å²) in [5.41, 5.74) is 0. The van der Waals surface area contributed by atoms with E-state index >= 15 is 0 Å². The van der Waals surface area contributed by atoms with Crippen molar-refractivity contribution in [2.45, 2.75) is 18.6 Å². The molecular formula is C13H19NO4. The van der Waals surface area contributed by atoms with Gasteiger partial charge in [-0.2, -0.15) is 0 Å². The average molecular weight is 253 g/mol. The van der Waals surface area contributed by atoms with E-state index < -0.39 is 6.10 Å². The van der Waals surface area contributed by atoms with Gasteiger partial charge in [-0.3, -0.25) is 0 Å². The zero-order valence-electron chi connectivity index (χ0n) is 10.2. The lowest BCUT2D eigenvalue weighted by atomic mass is 10.2. The Morgan fingerprint density at radius 2 is 2.11 bits per heavy atom. The Hall–Kier alpha value is -1.30. The zero-order valence-corrected chi connectivity index (χ0v) is 10.2. The van der Waals surface area contributed by atoms with Crippen molar-refractivity contribution in [3.63, 3.8) is 0 Å². The van der Waals surface area contributed by atoms with Crippen LogP contribution < -0.4 is 14.8 Å². The van der Waals surface area contributed by atoms with Crippen LogP contribution >= 0.6 is 0 Å². The van der Waals surface area contributed by atoms with Gasteiger partial charge < -0.3 is 25.0 Å². The molecule has 100 valence electrons. The summed E-state index contributed by atoms with van der Waals surface area (Å²) in [4.78, 5) is 0. The average Bonchev–Trinajstić information content (AvgIpc) is 2.43. The van der Waals surface area contributed by atoms with E-state index in [0.717, 1.165) is 0 Å². The Balaban J connectivity index is 1.81. The molecular weight excluding hydrogens is 234 g/mol. The standard InChI is InChI=1S/C13H19NO4/c15-7-3-6-14-8-10(16)13-9-17-11-4-1-2-5-12(11)18-13/h1-2,4-5,10,13-16H,3,6-9H2. The maximum absolute atomic E-state index is 9.97. The van der Waals surface area contributed by atoms with E-state index in [2.05, 4.69) is 5.32 Å². The first-order chi connectivity index (χ1) is 8.81. The van der Waals surface area contributed by atoms with Crippen LogP contribution in [0.15, 0.2) is 24.3 Å². The van der Waals surface area contributed by atoms with Crippen molar-refractivity contribution < 1.29 is 19.7 Å². The second-order valence-corrected chi connectivity index (χ2v) is 4.26. The molecule has 5 heteroatoms. The van der Waals surface area contributed by atoms with Gasteiger partial charge in [0.25, 0.3) is 0 Å². The molecule has 2 rings (SSSR count). The quantitative estimate of drug-likeness (QED) is 0.630. The predicted octanol–water partition coefficient (Wildman–Crippen LogP) is 0.159. The van der Waals surface area contributed by atoms with E-state index in [1.54, 1.807) is 0 Å². The molecule has 0 saturated carbocycles.